The van der Waals surface area contributed by atoms with Crippen LogP contribution in [0.3, 0.4) is 0 Å². The molecule has 0 amide bonds. The number of morpholine rings is 1. The van der Waals surface area contributed by atoms with Crippen molar-refractivity contribution in [3.63, 3.8) is 0 Å². The van der Waals surface area contributed by atoms with Crippen molar-refractivity contribution in [2.75, 3.05) is 31.2 Å². The lowest BCUT2D eigenvalue weighted by molar-refractivity contribution is 0.122. The van der Waals surface area contributed by atoms with Crippen molar-refractivity contribution >= 4 is 11.3 Å². The second-order valence-corrected chi connectivity index (χ2v) is 7.35. The van der Waals surface area contributed by atoms with Crippen LogP contribution in [-0.2, 0) is 9.47 Å². The molecule has 5 heteroatoms. The minimum Gasteiger partial charge on any atom is -0.462 e. The van der Waals surface area contributed by atoms with Crippen LogP contribution in [0.15, 0.2) is 70.9 Å². The van der Waals surface area contributed by atoms with Gasteiger partial charge in [-0.25, -0.2) is 0 Å². The molecule has 3 aliphatic heterocycles. The predicted octanol–water partition coefficient (Wildman–Crippen LogP) is 4.86. The molecule has 29 heavy (non-hydrogen) atoms. The minimum absolute atomic E-state index is 0.653. The Hall–Kier alpha value is -3.23. The lowest BCUT2D eigenvalue weighted by Crippen LogP contribution is -2.36. The fourth-order valence-corrected chi connectivity index (χ4v) is 3.61. The molecule has 1 aromatic rings. The van der Waals surface area contributed by atoms with Gasteiger partial charge in [-0.2, -0.15) is 5.26 Å². The number of benzene rings is 1. The first-order chi connectivity index (χ1) is 14.0. The monoisotopic (exact) mass is 388 g/mol. The van der Waals surface area contributed by atoms with E-state index in [-0.39, 0.29) is 0 Å². The van der Waals surface area contributed by atoms with Gasteiger partial charge in [0.1, 0.15) is 23.0 Å². The number of allylic oxidation sites excluding steroid dienone is 8. The molecule has 0 aromatic heterocycles. The Morgan fingerprint density at radius 2 is 1.90 bits per heavy atom. The molecule has 0 spiro atoms. The first-order valence-corrected chi connectivity index (χ1v) is 9.77. The van der Waals surface area contributed by atoms with E-state index in [4.69, 9.17) is 14.2 Å². The van der Waals surface area contributed by atoms with Gasteiger partial charge in [-0.15, -0.1) is 0 Å². The molecule has 0 unspecified atom stereocenters. The maximum absolute atomic E-state index is 9.19. The normalized spacial score (nSPS) is 21.8. The molecular weight excluding hydrogens is 364 g/mol. The third-order valence-electron chi connectivity index (χ3n) is 5.17. The zero-order valence-corrected chi connectivity index (χ0v) is 17.0. The maximum Gasteiger partial charge on any atom is 0.136 e. The van der Waals surface area contributed by atoms with Gasteiger partial charge in [-0.1, -0.05) is 0 Å². The lowest BCUT2D eigenvalue weighted by atomic mass is 10.0. The third kappa shape index (κ3) is 4.13. The number of hydrogen-bond donors (Lipinski definition) is 0. The van der Waals surface area contributed by atoms with E-state index in [2.05, 4.69) is 36.1 Å². The molecule has 0 saturated carbocycles. The van der Waals surface area contributed by atoms with E-state index in [1.807, 2.05) is 31.2 Å². The molecular formula is C24H24N2O3. The Labute approximate surface area is 171 Å². The highest BCUT2D eigenvalue weighted by atomic mass is 16.5. The van der Waals surface area contributed by atoms with Gasteiger partial charge in [0.2, 0.25) is 0 Å². The summed E-state index contributed by atoms with van der Waals surface area (Å²) in [7, 11) is 0. The molecule has 1 saturated heterocycles. The van der Waals surface area contributed by atoms with Gasteiger partial charge >= 0.3 is 0 Å². The van der Waals surface area contributed by atoms with Crippen LogP contribution in [0.25, 0.3) is 5.57 Å². The molecule has 4 rings (SSSR count). The molecule has 148 valence electrons. The first kappa shape index (κ1) is 19.1. The van der Waals surface area contributed by atoms with Gasteiger partial charge in [-0.05, 0) is 62.3 Å². The van der Waals surface area contributed by atoms with Crippen LogP contribution in [0, 0.1) is 11.3 Å². The van der Waals surface area contributed by atoms with E-state index in [9.17, 15) is 5.26 Å². The molecule has 0 N–H and O–H groups in total. The van der Waals surface area contributed by atoms with Crippen molar-refractivity contribution in [3.05, 3.63) is 76.5 Å². The summed E-state index contributed by atoms with van der Waals surface area (Å²) < 4.78 is 17.5. The molecule has 0 bridgehead atoms. The summed E-state index contributed by atoms with van der Waals surface area (Å²) in [6, 6.07) is 8.54. The summed E-state index contributed by atoms with van der Waals surface area (Å²) >= 11 is 0. The number of nitriles is 1. The standard InChI is InChI=1S/C24H24N2O3/c1-16-10-21(14-22-12-19(17(2)15-25)11-18(3)28-22)29-24-13-20(4-5-23(16)24)26-6-8-27-9-7-26/h4-5,10-14H,6-9H2,1-3H3/b19-17-,21-14?. The number of hydrogen-bond acceptors (Lipinski definition) is 5. The van der Waals surface area contributed by atoms with E-state index in [1.54, 1.807) is 6.92 Å². The van der Waals surface area contributed by atoms with E-state index in [0.717, 1.165) is 60.2 Å². The fourth-order valence-electron chi connectivity index (χ4n) is 3.61. The summed E-state index contributed by atoms with van der Waals surface area (Å²) in [6.45, 7) is 9.03. The molecule has 0 aliphatic carbocycles. The van der Waals surface area contributed by atoms with Crippen LogP contribution in [0.5, 0.6) is 5.75 Å². The Morgan fingerprint density at radius 3 is 2.66 bits per heavy atom. The third-order valence-corrected chi connectivity index (χ3v) is 5.17. The summed E-state index contributed by atoms with van der Waals surface area (Å²) in [5, 5.41) is 9.19. The van der Waals surface area contributed by atoms with Crippen molar-refractivity contribution in [3.8, 4) is 11.8 Å². The molecule has 3 aliphatic rings. The first-order valence-electron chi connectivity index (χ1n) is 9.77. The zero-order valence-electron chi connectivity index (χ0n) is 17.0. The minimum atomic E-state index is 0.653. The Morgan fingerprint density at radius 1 is 1.10 bits per heavy atom. The summed E-state index contributed by atoms with van der Waals surface area (Å²) in [5.41, 5.74) is 4.88. The van der Waals surface area contributed by atoms with Gasteiger partial charge in [0.05, 0.1) is 19.3 Å². The highest BCUT2D eigenvalue weighted by molar-refractivity contribution is 5.76. The molecule has 0 radical (unpaired) electrons. The predicted molar refractivity (Wildman–Crippen MR) is 113 cm³/mol. The highest BCUT2D eigenvalue weighted by Crippen LogP contribution is 2.37. The molecule has 5 nitrogen and oxygen atoms in total. The number of anilines is 1. The van der Waals surface area contributed by atoms with E-state index < -0.39 is 0 Å². The number of ether oxygens (including phenoxy) is 3. The van der Waals surface area contributed by atoms with Gasteiger partial charge in [0.25, 0.3) is 0 Å². The molecule has 1 fully saturated rings. The molecule has 3 heterocycles. The Bertz CT molecular complexity index is 1030. The number of fused-ring (bicyclic) bond motifs is 1. The van der Waals surface area contributed by atoms with E-state index in [1.165, 1.54) is 0 Å². The van der Waals surface area contributed by atoms with Crippen LogP contribution in [-0.4, -0.2) is 26.3 Å². The van der Waals surface area contributed by atoms with Crippen LogP contribution >= 0.6 is 0 Å². The van der Waals surface area contributed by atoms with Gasteiger partial charge in [0, 0.05) is 42.1 Å². The largest absolute Gasteiger partial charge is 0.462 e. The quantitative estimate of drug-likeness (QED) is 0.677. The van der Waals surface area contributed by atoms with Crippen molar-refractivity contribution in [2.24, 2.45) is 0 Å². The summed E-state index contributed by atoms with van der Waals surface area (Å²) in [6.07, 6.45) is 7.61. The van der Waals surface area contributed by atoms with Crippen LogP contribution in [0.4, 0.5) is 5.69 Å². The topological polar surface area (TPSA) is 54.7 Å². The van der Waals surface area contributed by atoms with Crippen molar-refractivity contribution in [2.45, 2.75) is 20.8 Å². The average molecular weight is 388 g/mol. The average Bonchev–Trinajstić information content (AvgIpc) is 2.73. The second kappa shape index (κ2) is 8.02. The van der Waals surface area contributed by atoms with E-state index in [0.29, 0.717) is 17.1 Å². The highest BCUT2D eigenvalue weighted by Gasteiger charge is 2.19. The molecule has 0 atom stereocenters. The van der Waals surface area contributed by atoms with Crippen molar-refractivity contribution < 1.29 is 14.2 Å². The summed E-state index contributed by atoms with van der Waals surface area (Å²) in [4.78, 5) is 2.31. The number of nitrogens with zero attached hydrogens (tertiary/aromatic N) is 2. The Balaban J connectivity index is 1.63. The van der Waals surface area contributed by atoms with Gasteiger partial charge in [-0.3, -0.25) is 0 Å². The van der Waals surface area contributed by atoms with Gasteiger partial charge in [0.15, 0.2) is 0 Å². The molecule has 1 aromatic carbocycles. The van der Waals surface area contributed by atoms with Crippen molar-refractivity contribution in [1.29, 1.82) is 5.26 Å². The summed E-state index contributed by atoms with van der Waals surface area (Å²) in [5.74, 6) is 2.95. The van der Waals surface area contributed by atoms with Gasteiger partial charge < -0.3 is 19.1 Å². The smallest absolute Gasteiger partial charge is 0.136 e. The Kier molecular flexibility index (Phi) is 5.28. The SMILES string of the molecule is CC1=C/C(=C(\C)C#N)C=C(C=C2C=C(C)c3ccc(N4CCOCC4)cc3O2)O1. The van der Waals surface area contributed by atoms with E-state index >= 15 is 0 Å². The lowest BCUT2D eigenvalue weighted by Gasteiger charge is -2.30. The van der Waals surface area contributed by atoms with Crippen LogP contribution in [0.1, 0.15) is 26.3 Å². The van der Waals surface area contributed by atoms with Crippen LogP contribution < -0.4 is 9.64 Å². The zero-order chi connectivity index (χ0) is 20.4. The second-order valence-electron chi connectivity index (χ2n) is 7.35. The van der Waals surface area contributed by atoms with Crippen molar-refractivity contribution in [1.82, 2.24) is 0 Å². The maximum atomic E-state index is 9.19. The number of rotatable bonds is 2. The van der Waals surface area contributed by atoms with Crippen LogP contribution in [0.2, 0.25) is 0 Å². The fraction of sp³-hybridized carbons (Fsp3) is 0.292.